The quantitative estimate of drug-likeness (QED) is 0.790. The summed E-state index contributed by atoms with van der Waals surface area (Å²) in [6.07, 6.45) is 2.92. The van der Waals surface area contributed by atoms with Gasteiger partial charge in [0.25, 0.3) is 0 Å². The SMILES string of the molecule is Clc1ccc(-n2c(C3CCNC3)nc3cccnc32)cc1. The number of hydrogen-bond acceptors (Lipinski definition) is 3. The van der Waals surface area contributed by atoms with Crippen LogP contribution in [0.3, 0.4) is 0 Å². The van der Waals surface area contributed by atoms with E-state index in [0.717, 1.165) is 47.2 Å². The van der Waals surface area contributed by atoms with Crippen LogP contribution in [0.2, 0.25) is 5.02 Å². The molecule has 4 rings (SSSR count). The second-order valence-electron chi connectivity index (χ2n) is 5.32. The van der Waals surface area contributed by atoms with Crippen LogP contribution in [0.5, 0.6) is 0 Å². The minimum Gasteiger partial charge on any atom is -0.316 e. The van der Waals surface area contributed by atoms with Crippen LogP contribution in [-0.2, 0) is 0 Å². The number of nitrogens with zero attached hydrogens (tertiary/aromatic N) is 3. The molecule has 0 saturated carbocycles. The number of benzene rings is 1. The molecular formula is C16H15ClN4. The largest absolute Gasteiger partial charge is 0.316 e. The van der Waals surface area contributed by atoms with Crippen LogP contribution in [-0.4, -0.2) is 27.6 Å². The number of aromatic nitrogens is 3. The molecule has 4 nitrogen and oxygen atoms in total. The van der Waals surface area contributed by atoms with Gasteiger partial charge in [-0.3, -0.25) is 4.57 Å². The number of nitrogens with one attached hydrogen (secondary N) is 1. The lowest BCUT2D eigenvalue weighted by Gasteiger charge is -2.12. The number of halogens is 1. The molecule has 21 heavy (non-hydrogen) atoms. The zero-order valence-corrected chi connectivity index (χ0v) is 12.2. The van der Waals surface area contributed by atoms with E-state index >= 15 is 0 Å². The smallest absolute Gasteiger partial charge is 0.164 e. The van der Waals surface area contributed by atoms with Crippen LogP contribution in [0.25, 0.3) is 16.9 Å². The van der Waals surface area contributed by atoms with Gasteiger partial charge in [-0.1, -0.05) is 11.6 Å². The second-order valence-corrected chi connectivity index (χ2v) is 5.75. The maximum absolute atomic E-state index is 6.01. The van der Waals surface area contributed by atoms with Crippen molar-refractivity contribution in [2.45, 2.75) is 12.3 Å². The van der Waals surface area contributed by atoms with E-state index in [2.05, 4.69) is 14.9 Å². The first-order valence-electron chi connectivity index (χ1n) is 7.13. The molecule has 1 aliphatic rings. The van der Waals surface area contributed by atoms with Crippen molar-refractivity contribution in [1.82, 2.24) is 19.9 Å². The summed E-state index contributed by atoms with van der Waals surface area (Å²) in [5.74, 6) is 1.51. The lowest BCUT2D eigenvalue weighted by Crippen LogP contribution is -2.12. The van der Waals surface area contributed by atoms with E-state index in [-0.39, 0.29) is 0 Å². The number of hydrogen-bond donors (Lipinski definition) is 1. The summed E-state index contributed by atoms with van der Waals surface area (Å²) in [6, 6.07) is 11.8. The zero-order valence-electron chi connectivity index (χ0n) is 11.5. The van der Waals surface area contributed by atoms with E-state index in [0.29, 0.717) is 5.92 Å². The molecule has 0 spiro atoms. The maximum atomic E-state index is 6.01. The summed E-state index contributed by atoms with van der Waals surface area (Å²) in [5, 5.41) is 4.14. The van der Waals surface area contributed by atoms with Gasteiger partial charge in [-0.15, -0.1) is 0 Å². The third-order valence-corrected chi connectivity index (χ3v) is 4.20. The highest BCUT2D eigenvalue weighted by Crippen LogP contribution is 2.28. The van der Waals surface area contributed by atoms with Crippen molar-refractivity contribution in [2.75, 3.05) is 13.1 Å². The minimum absolute atomic E-state index is 0.426. The Kier molecular flexibility index (Phi) is 3.13. The van der Waals surface area contributed by atoms with Gasteiger partial charge >= 0.3 is 0 Å². The van der Waals surface area contributed by atoms with Gasteiger partial charge in [0.15, 0.2) is 5.65 Å². The highest BCUT2D eigenvalue weighted by Gasteiger charge is 2.24. The number of imidazole rings is 1. The van der Waals surface area contributed by atoms with Gasteiger partial charge in [-0.2, -0.15) is 0 Å². The summed E-state index contributed by atoms with van der Waals surface area (Å²) in [7, 11) is 0. The molecule has 5 heteroatoms. The second kappa shape index (κ2) is 5.13. The van der Waals surface area contributed by atoms with E-state index in [1.165, 1.54) is 0 Å². The Balaban J connectivity index is 1.95. The van der Waals surface area contributed by atoms with Crippen LogP contribution in [0.15, 0.2) is 42.6 Å². The molecule has 1 fully saturated rings. The Morgan fingerprint density at radius 3 is 2.81 bits per heavy atom. The summed E-state index contributed by atoms with van der Waals surface area (Å²) in [4.78, 5) is 9.34. The molecule has 106 valence electrons. The molecule has 3 heterocycles. The van der Waals surface area contributed by atoms with Crippen LogP contribution < -0.4 is 5.32 Å². The van der Waals surface area contributed by atoms with Crippen molar-refractivity contribution in [1.29, 1.82) is 0 Å². The normalized spacial score (nSPS) is 18.4. The molecule has 0 radical (unpaired) electrons. The molecule has 0 bridgehead atoms. The topological polar surface area (TPSA) is 42.7 Å². The molecule has 1 atom stereocenters. The Bertz CT molecular complexity index is 773. The first-order valence-corrected chi connectivity index (χ1v) is 7.51. The van der Waals surface area contributed by atoms with Crippen molar-refractivity contribution in [3.8, 4) is 5.69 Å². The first-order chi connectivity index (χ1) is 10.3. The molecule has 1 aliphatic heterocycles. The van der Waals surface area contributed by atoms with Gasteiger partial charge in [0, 0.05) is 29.4 Å². The number of rotatable bonds is 2. The first kappa shape index (κ1) is 12.8. The van der Waals surface area contributed by atoms with Gasteiger partial charge in [0.2, 0.25) is 0 Å². The van der Waals surface area contributed by atoms with Crippen LogP contribution in [0.1, 0.15) is 18.2 Å². The molecule has 1 aromatic carbocycles. The fourth-order valence-corrected chi connectivity index (χ4v) is 3.05. The van der Waals surface area contributed by atoms with Crippen molar-refractivity contribution in [3.05, 3.63) is 53.4 Å². The fourth-order valence-electron chi connectivity index (χ4n) is 2.92. The lowest BCUT2D eigenvalue weighted by molar-refractivity contribution is 0.691. The third kappa shape index (κ3) is 2.20. The van der Waals surface area contributed by atoms with Gasteiger partial charge in [-0.05, 0) is 49.4 Å². The molecule has 1 saturated heterocycles. The summed E-state index contributed by atoms with van der Waals surface area (Å²) >= 11 is 6.01. The zero-order chi connectivity index (χ0) is 14.2. The lowest BCUT2D eigenvalue weighted by atomic mass is 10.1. The van der Waals surface area contributed by atoms with Crippen molar-refractivity contribution in [3.63, 3.8) is 0 Å². The van der Waals surface area contributed by atoms with Crippen molar-refractivity contribution >= 4 is 22.8 Å². The van der Waals surface area contributed by atoms with E-state index in [9.17, 15) is 0 Å². The highest BCUT2D eigenvalue weighted by atomic mass is 35.5. The molecular weight excluding hydrogens is 284 g/mol. The molecule has 2 aromatic heterocycles. The molecule has 1 unspecified atom stereocenters. The van der Waals surface area contributed by atoms with E-state index in [1.54, 1.807) is 0 Å². The standard InChI is InChI=1S/C16H15ClN4/c17-12-3-5-13(6-4-12)21-15(11-7-9-18-10-11)20-14-2-1-8-19-16(14)21/h1-6,8,11,18H,7,9-10H2. The van der Waals surface area contributed by atoms with Gasteiger partial charge in [0.1, 0.15) is 11.3 Å². The van der Waals surface area contributed by atoms with E-state index in [1.807, 2.05) is 42.6 Å². The Morgan fingerprint density at radius 2 is 2.05 bits per heavy atom. The monoisotopic (exact) mass is 298 g/mol. The summed E-state index contributed by atoms with van der Waals surface area (Å²) in [6.45, 7) is 2.01. The number of pyridine rings is 1. The minimum atomic E-state index is 0.426. The third-order valence-electron chi connectivity index (χ3n) is 3.95. The predicted molar refractivity (Wildman–Crippen MR) is 84.1 cm³/mol. The Labute approximate surface area is 127 Å². The maximum Gasteiger partial charge on any atom is 0.164 e. The van der Waals surface area contributed by atoms with E-state index in [4.69, 9.17) is 16.6 Å². The molecule has 3 aromatic rings. The molecule has 0 aliphatic carbocycles. The van der Waals surface area contributed by atoms with E-state index < -0.39 is 0 Å². The Hall–Kier alpha value is -1.91. The average Bonchev–Trinajstić information content (AvgIpc) is 3.15. The predicted octanol–water partition coefficient (Wildman–Crippen LogP) is 3.15. The summed E-state index contributed by atoms with van der Waals surface area (Å²) in [5.41, 5.74) is 2.90. The molecule has 0 amide bonds. The van der Waals surface area contributed by atoms with Crippen LogP contribution in [0.4, 0.5) is 0 Å². The summed E-state index contributed by atoms with van der Waals surface area (Å²) < 4.78 is 2.16. The van der Waals surface area contributed by atoms with Gasteiger partial charge in [0.05, 0.1) is 0 Å². The van der Waals surface area contributed by atoms with Crippen molar-refractivity contribution in [2.24, 2.45) is 0 Å². The highest BCUT2D eigenvalue weighted by molar-refractivity contribution is 6.30. The average molecular weight is 299 g/mol. The van der Waals surface area contributed by atoms with Gasteiger partial charge < -0.3 is 5.32 Å². The molecule has 1 N–H and O–H groups in total. The van der Waals surface area contributed by atoms with Crippen LogP contribution >= 0.6 is 11.6 Å². The fraction of sp³-hybridized carbons (Fsp3) is 0.250. The Morgan fingerprint density at radius 1 is 1.19 bits per heavy atom. The number of fused-ring (bicyclic) bond motifs is 1. The van der Waals surface area contributed by atoms with Crippen LogP contribution in [0, 0.1) is 0 Å². The van der Waals surface area contributed by atoms with Gasteiger partial charge in [-0.25, -0.2) is 9.97 Å². The van der Waals surface area contributed by atoms with Crippen molar-refractivity contribution < 1.29 is 0 Å².